The normalized spacial score (nSPS) is 15.6. The highest BCUT2D eigenvalue weighted by Gasteiger charge is 2.36. The summed E-state index contributed by atoms with van der Waals surface area (Å²) in [5, 5.41) is 7.14. The third kappa shape index (κ3) is 4.15. The van der Waals surface area contributed by atoms with Crippen molar-refractivity contribution >= 4 is 17.3 Å². The Bertz CT molecular complexity index is 1450. The molecule has 1 aromatic heterocycles. The lowest BCUT2D eigenvalue weighted by Crippen LogP contribution is -2.46. The Labute approximate surface area is 207 Å². The van der Waals surface area contributed by atoms with Gasteiger partial charge in [-0.2, -0.15) is 4.98 Å². The molecule has 2 amide bonds. The zero-order valence-corrected chi connectivity index (χ0v) is 19.9. The van der Waals surface area contributed by atoms with Crippen molar-refractivity contribution in [3.8, 4) is 22.9 Å². The SMILES string of the molecule is COc1ccc(-c2noc(C3=C(C)N(c4ccccc4)C(=O)NC3c3cccc(F)c3)n2)cc1OC. The van der Waals surface area contributed by atoms with Gasteiger partial charge in [0.15, 0.2) is 11.5 Å². The van der Waals surface area contributed by atoms with Gasteiger partial charge in [-0.15, -0.1) is 0 Å². The lowest BCUT2D eigenvalue weighted by atomic mass is 9.94. The average Bonchev–Trinajstić information content (AvgIpc) is 3.38. The van der Waals surface area contributed by atoms with E-state index >= 15 is 0 Å². The molecule has 0 bridgehead atoms. The van der Waals surface area contributed by atoms with Crippen LogP contribution in [0.3, 0.4) is 0 Å². The zero-order chi connectivity index (χ0) is 25.2. The fourth-order valence-corrected chi connectivity index (χ4v) is 4.27. The number of nitrogens with zero attached hydrogens (tertiary/aromatic N) is 3. The van der Waals surface area contributed by atoms with E-state index in [2.05, 4.69) is 15.5 Å². The fourth-order valence-electron chi connectivity index (χ4n) is 4.27. The van der Waals surface area contributed by atoms with Crippen LogP contribution in [0.5, 0.6) is 11.5 Å². The van der Waals surface area contributed by atoms with Crippen molar-refractivity contribution in [2.45, 2.75) is 13.0 Å². The third-order valence-electron chi connectivity index (χ3n) is 5.98. The Balaban J connectivity index is 1.64. The zero-order valence-electron chi connectivity index (χ0n) is 19.9. The number of allylic oxidation sites excluding steroid dienone is 1. The van der Waals surface area contributed by atoms with E-state index in [-0.39, 0.29) is 11.9 Å². The molecule has 5 rings (SSSR count). The van der Waals surface area contributed by atoms with Crippen molar-refractivity contribution in [2.24, 2.45) is 0 Å². The summed E-state index contributed by atoms with van der Waals surface area (Å²) in [7, 11) is 3.10. The topological polar surface area (TPSA) is 89.7 Å². The Morgan fingerprint density at radius 3 is 2.47 bits per heavy atom. The molecule has 0 radical (unpaired) electrons. The van der Waals surface area contributed by atoms with E-state index in [9.17, 15) is 9.18 Å². The largest absolute Gasteiger partial charge is 0.493 e. The molecule has 0 aliphatic carbocycles. The molecule has 8 nitrogen and oxygen atoms in total. The lowest BCUT2D eigenvalue weighted by molar-refractivity contribution is 0.244. The fraction of sp³-hybridized carbons (Fsp3) is 0.148. The van der Waals surface area contributed by atoms with Crippen LogP contribution in [0, 0.1) is 5.82 Å². The molecule has 0 saturated heterocycles. The highest BCUT2D eigenvalue weighted by molar-refractivity contribution is 6.01. The molecule has 1 atom stereocenters. The number of urea groups is 1. The molecule has 36 heavy (non-hydrogen) atoms. The van der Waals surface area contributed by atoms with E-state index in [4.69, 9.17) is 14.0 Å². The van der Waals surface area contributed by atoms with Crippen LogP contribution in [0.25, 0.3) is 17.0 Å². The first-order valence-corrected chi connectivity index (χ1v) is 11.2. The van der Waals surface area contributed by atoms with Crippen molar-refractivity contribution in [1.29, 1.82) is 0 Å². The van der Waals surface area contributed by atoms with Crippen molar-refractivity contribution in [2.75, 3.05) is 19.1 Å². The smallest absolute Gasteiger partial charge is 0.326 e. The molecule has 182 valence electrons. The van der Waals surface area contributed by atoms with Gasteiger partial charge < -0.3 is 19.3 Å². The summed E-state index contributed by atoms with van der Waals surface area (Å²) in [5.74, 6) is 1.21. The maximum absolute atomic E-state index is 14.1. The molecular formula is C27H23FN4O4. The van der Waals surface area contributed by atoms with Gasteiger partial charge in [0.1, 0.15) is 5.82 Å². The lowest BCUT2D eigenvalue weighted by Gasteiger charge is -2.35. The summed E-state index contributed by atoms with van der Waals surface area (Å²) in [6.45, 7) is 1.80. The highest BCUT2D eigenvalue weighted by Crippen LogP contribution is 2.39. The molecule has 0 spiro atoms. The number of halogens is 1. The van der Waals surface area contributed by atoms with Crippen LogP contribution in [0.15, 0.2) is 83.0 Å². The Hall–Kier alpha value is -4.66. The molecule has 0 fully saturated rings. The quantitative estimate of drug-likeness (QED) is 0.382. The van der Waals surface area contributed by atoms with Gasteiger partial charge in [0, 0.05) is 11.3 Å². The number of aromatic nitrogens is 2. The van der Waals surface area contributed by atoms with Crippen molar-refractivity contribution in [3.05, 3.63) is 95.8 Å². The number of nitrogens with one attached hydrogen (secondary N) is 1. The van der Waals surface area contributed by atoms with Gasteiger partial charge in [0.05, 0.1) is 31.5 Å². The number of ether oxygens (including phenoxy) is 2. The van der Waals surface area contributed by atoms with Crippen LogP contribution in [0.1, 0.15) is 24.4 Å². The van der Waals surface area contributed by atoms with Crippen molar-refractivity contribution in [3.63, 3.8) is 0 Å². The monoisotopic (exact) mass is 486 g/mol. The predicted molar refractivity (Wildman–Crippen MR) is 132 cm³/mol. The minimum absolute atomic E-state index is 0.201. The van der Waals surface area contributed by atoms with Crippen LogP contribution in [0.2, 0.25) is 0 Å². The average molecular weight is 487 g/mol. The summed E-state index contributed by atoms with van der Waals surface area (Å²) in [4.78, 5) is 19.4. The van der Waals surface area contributed by atoms with Crippen LogP contribution >= 0.6 is 0 Å². The van der Waals surface area contributed by atoms with Gasteiger partial charge >= 0.3 is 6.03 Å². The number of hydrogen-bond donors (Lipinski definition) is 1. The van der Waals surface area contributed by atoms with E-state index in [0.29, 0.717) is 45.4 Å². The number of benzene rings is 3. The second kappa shape index (κ2) is 9.53. The first-order valence-electron chi connectivity index (χ1n) is 11.2. The summed E-state index contributed by atoms with van der Waals surface area (Å²) >= 11 is 0. The van der Waals surface area contributed by atoms with Gasteiger partial charge in [-0.3, -0.25) is 4.90 Å². The molecule has 2 heterocycles. The Morgan fingerprint density at radius 2 is 1.75 bits per heavy atom. The molecule has 4 aromatic rings. The molecule has 0 saturated carbocycles. The van der Waals surface area contributed by atoms with Crippen molar-refractivity contribution < 1.29 is 23.2 Å². The number of carbonyl (C=O) groups excluding carboxylic acids is 1. The van der Waals surface area contributed by atoms with Gasteiger partial charge in [-0.25, -0.2) is 9.18 Å². The third-order valence-corrected chi connectivity index (χ3v) is 5.98. The number of hydrogen-bond acceptors (Lipinski definition) is 6. The summed E-state index contributed by atoms with van der Waals surface area (Å²) in [6, 6.07) is 19.5. The summed E-state index contributed by atoms with van der Waals surface area (Å²) in [5.41, 5.74) is 3.02. The summed E-state index contributed by atoms with van der Waals surface area (Å²) < 4.78 is 30.5. The van der Waals surface area contributed by atoms with Gasteiger partial charge in [-0.05, 0) is 55.0 Å². The molecular weight excluding hydrogens is 463 g/mol. The van der Waals surface area contributed by atoms with E-state index in [1.54, 1.807) is 51.5 Å². The number of para-hydroxylation sites is 1. The van der Waals surface area contributed by atoms with E-state index < -0.39 is 11.9 Å². The minimum atomic E-state index is -0.702. The van der Waals surface area contributed by atoms with Crippen molar-refractivity contribution in [1.82, 2.24) is 15.5 Å². The summed E-state index contributed by atoms with van der Waals surface area (Å²) in [6.07, 6.45) is 0. The van der Waals surface area contributed by atoms with Crippen LogP contribution in [-0.4, -0.2) is 30.4 Å². The molecule has 1 aliphatic heterocycles. The number of anilines is 1. The highest BCUT2D eigenvalue weighted by atomic mass is 19.1. The molecule has 9 heteroatoms. The van der Waals surface area contributed by atoms with Crippen LogP contribution in [0.4, 0.5) is 14.9 Å². The predicted octanol–water partition coefficient (Wildman–Crippen LogP) is 5.60. The maximum atomic E-state index is 14.1. The first-order chi connectivity index (χ1) is 17.5. The molecule has 1 aliphatic rings. The number of rotatable bonds is 6. The Morgan fingerprint density at radius 1 is 0.972 bits per heavy atom. The standard InChI is InChI=1S/C27H23FN4O4/c1-16-23(26-30-25(31-36-26)18-12-13-21(34-2)22(15-18)35-3)24(17-8-7-9-19(28)14-17)29-27(33)32(16)20-10-5-4-6-11-20/h4-15,24H,1-3H3,(H,29,33). The van der Waals surface area contributed by atoms with Gasteiger partial charge in [0.25, 0.3) is 5.89 Å². The number of amides is 2. The van der Waals surface area contributed by atoms with E-state index in [1.807, 2.05) is 30.3 Å². The van der Waals surface area contributed by atoms with E-state index in [1.165, 1.54) is 17.0 Å². The van der Waals surface area contributed by atoms with Gasteiger partial charge in [-0.1, -0.05) is 35.5 Å². The molecule has 1 unspecified atom stereocenters. The maximum Gasteiger partial charge on any atom is 0.326 e. The number of carbonyl (C=O) groups is 1. The second-order valence-corrected chi connectivity index (χ2v) is 8.10. The first kappa shape index (κ1) is 23.1. The van der Waals surface area contributed by atoms with Crippen LogP contribution < -0.4 is 19.7 Å². The number of methoxy groups -OCH3 is 2. The Kier molecular flexibility index (Phi) is 6.12. The minimum Gasteiger partial charge on any atom is -0.493 e. The molecule has 1 N–H and O–H groups in total. The second-order valence-electron chi connectivity index (χ2n) is 8.10. The van der Waals surface area contributed by atoms with Gasteiger partial charge in [0.2, 0.25) is 5.82 Å². The molecule has 3 aromatic carbocycles. The van der Waals surface area contributed by atoms with E-state index in [0.717, 1.165) is 0 Å². The van der Waals surface area contributed by atoms with Crippen LogP contribution in [-0.2, 0) is 0 Å².